The lowest BCUT2D eigenvalue weighted by molar-refractivity contribution is -0.122. The van der Waals surface area contributed by atoms with Gasteiger partial charge in [0.25, 0.3) is 5.91 Å². The van der Waals surface area contributed by atoms with Crippen LogP contribution in [-0.2, 0) is 4.79 Å². The van der Waals surface area contributed by atoms with Gasteiger partial charge in [-0.15, -0.1) is 0 Å². The summed E-state index contributed by atoms with van der Waals surface area (Å²) in [5, 5.41) is 19.9. The van der Waals surface area contributed by atoms with Crippen molar-refractivity contribution < 1.29 is 9.59 Å². The molecule has 1 fully saturated rings. The quantitative estimate of drug-likeness (QED) is 0.256. The van der Waals surface area contributed by atoms with Crippen LogP contribution in [0.4, 0.5) is 5.69 Å². The lowest BCUT2D eigenvalue weighted by Gasteiger charge is -2.31. The van der Waals surface area contributed by atoms with E-state index >= 15 is 0 Å². The van der Waals surface area contributed by atoms with Crippen molar-refractivity contribution in [1.82, 2.24) is 25.2 Å². The number of likely N-dealkylation sites (tertiary alicyclic amines) is 1. The summed E-state index contributed by atoms with van der Waals surface area (Å²) in [6.07, 6.45) is 3.81. The minimum Gasteiger partial charge on any atom is -0.398 e. The lowest BCUT2D eigenvalue weighted by atomic mass is 10.0. The summed E-state index contributed by atoms with van der Waals surface area (Å²) in [7, 11) is 0. The minimum absolute atomic E-state index is 0.000700. The van der Waals surface area contributed by atoms with E-state index < -0.39 is 0 Å². The van der Waals surface area contributed by atoms with E-state index in [0.717, 1.165) is 6.41 Å². The third-order valence-electron chi connectivity index (χ3n) is 4.83. The van der Waals surface area contributed by atoms with Crippen molar-refractivity contribution in [2.45, 2.75) is 19.9 Å². The normalized spacial score (nSPS) is 13.0. The Labute approximate surface area is 195 Å². The third-order valence-corrected chi connectivity index (χ3v) is 5.06. The topological polar surface area (TPSA) is 165 Å². The summed E-state index contributed by atoms with van der Waals surface area (Å²) in [5.41, 5.74) is 8.53. The average molecular weight is 467 g/mol. The van der Waals surface area contributed by atoms with Gasteiger partial charge in [-0.25, -0.2) is 9.97 Å². The molecule has 0 unspecified atom stereocenters. The number of nitrogen functional groups attached to an aromatic ring is 1. The van der Waals surface area contributed by atoms with Gasteiger partial charge in [0, 0.05) is 41.6 Å². The molecule has 10 nitrogen and oxygen atoms in total. The summed E-state index contributed by atoms with van der Waals surface area (Å²) >= 11 is 5.90. The Morgan fingerprint density at radius 3 is 2.76 bits per heavy atom. The summed E-state index contributed by atoms with van der Waals surface area (Å²) < 4.78 is 0. The molecule has 0 spiro atoms. The monoisotopic (exact) mass is 466 g/mol. The molecule has 1 aliphatic heterocycles. The predicted octanol–water partition coefficient (Wildman–Crippen LogP) is 2.35. The van der Waals surface area contributed by atoms with E-state index in [1.807, 2.05) is 13.8 Å². The zero-order chi connectivity index (χ0) is 24.1. The Bertz CT molecular complexity index is 1240. The van der Waals surface area contributed by atoms with Crippen LogP contribution in [0, 0.1) is 22.7 Å². The van der Waals surface area contributed by atoms with Gasteiger partial charge in [0.15, 0.2) is 5.65 Å². The van der Waals surface area contributed by atoms with Gasteiger partial charge in [0.05, 0.1) is 29.5 Å². The van der Waals surface area contributed by atoms with Crippen LogP contribution in [0.2, 0.25) is 5.02 Å². The Kier molecular flexibility index (Phi) is 7.25. The Balaban J connectivity index is 0.000000323. The van der Waals surface area contributed by atoms with Gasteiger partial charge in [-0.1, -0.05) is 11.6 Å². The number of aromatic nitrogens is 3. The predicted molar refractivity (Wildman–Crippen MR) is 125 cm³/mol. The van der Waals surface area contributed by atoms with Crippen LogP contribution in [-0.4, -0.2) is 57.0 Å². The van der Waals surface area contributed by atoms with Crippen molar-refractivity contribution in [1.29, 1.82) is 10.7 Å². The number of hydrogen-bond acceptors (Lipinski definition) is 7. The minimum atomic E-state index is -0.245. The largest absolute Gasteiger partial charge is 0.398 e. The smallest absolute Gasteiger partial charge is 0.255 e. The van der Waals surface area contributed by atoms with E-state index in [-0.39, 0.29) is 23.6 Å². The highest BCUT2D eigenvalue weighted by molar-refractivity contribution is 6.31. The molecule has 170 valence electrons. The number of H-pyrrole nitrogens is 1. The molecular formula is C22H23ClN8O2. The molecule has 0 aliphatic carbocycles. The molecule has 11 heteroatoms. The fourth-order valence-electron chi connectivity index (χ4n) is 3.10. The number of carbonyl (C=O) groups is 2. The SMILES string of the molecule is CC(C)NC(=O)c1c[nH]c2ncc(C(=N)c3ccc(Cl)cc3N)nc12.N#CC1CN(C=O)C1. The first-order chi connectivity index (χ1) is 15.7. The summed E-state index contributed by atoms with van der Waals surface area (Å²) in [6.45, 7) is 5.01. The van der Waals surface area contributed by atoms with Gasteiger partial charge in [-0.3, -0.25) is 15.0 Å². The molecule has 0 atom stereocenters. The first-order valence-corrected chi connectivity index (χ1v) is 10.5. The maximum Gasteiger partial charge on any atom is 0.255 e. The Hall–Kier alpha value is -3.97. The highest BCUT2D eigenvalue weighted by Gasteiger charge is 2.24. The van der Waals surface area contributed by atoms with Gasteiger partial charge in [0.2, 0.25) is 6.41 Å². The van der Waals surface area contributed by atoms with Gasteiger partial charge < -0.3 is 20.9 Å². The molecule has 33 heavy (non-hydrogen) atoms. The number of benzene rings is 1. The summed E-state index contributed by atoms with van der Waals surface area (Å²) in [6, 6.07) is 6.96. The third kappa shape index (κ3) is 5.45. The van der Waals surface area contributed by atoms with Crippen LogP contribution in [0.15, 0.2) is 30.6 Å². The standard InChI is InChI=1S/C17H17ClN6O.C5H6N2O/c1-8(2)23-17(25)11-6-21-16-15(11)24-13(7-22-16)14(20)10-4-3-9(18)5-12(10)19;6-1-5-2-7(3-5)4-8/h3-8,20H,19H2,1-2H3,(H,21,22)(H,23,25);4-5H,2-3H2. The number of fused-ring (bicyclic) bond motifs is 1. The number of nitrogens with one attached hydrogen (secondary N) is 3. The molecule has 3 heterocycles. The van der Waals surface area contributed by atoms with Crippen LogP contribution in [0.1, 0.15) is 35.5 Å². The van der Waals surface area contributed by atoms with Crippen LogP contribution >= 0.6 is 11.6 Å². The highest BCUT2D eigenvalue weighted by atomic mass is 35.5. The molecule has 5 N–H and O–H groups in total. The highest BCUT2D eigenvalue weighted by Crippen LogP contribution is 2.22. The van der Waals surface area contributed by atoms with Crippen molar-refractivity contribution in [3.63, 3.8) is 0 Å². The number of amides is 2. The molecule has 2 aromatic heterocycles. The van der Waals surface area contributed by atoms with Crippen molar-refractivity contribution >= 4 is 46.5 Å². The number of rotatable bonds is 5. The fraction of sp³-hybridized carbons (Fsp3) is 0.273. The zero-order valence-electron chi connectivity index (χ0n) is 18.1. The average Bonchev–Trinajstić information content (AvgIpc) is 3.16. The number of anilines is 1. The van der Waals surface area contributed by atoms with Crippen molar-refractivity contribution in [3.05, 3.63) is 52.4 Å². The van der Waals surface area contributed by atoms with E-state index in [9.17, 15) is 9.59 Å². The molecule has 0 radical (unpaired) electrons. The van der Waals surface area contributed by atoms with Gasteiger partial charge in [-0.05, 0) is 32.0 Å². The first kappa shape index (κ1) is 23.7. The second-order valence-electron chi connectivity index (χ2n) is 7.77. The van der Waals surface area contributed by atoms with Crippen molar-refractivity contribution in [3.8, 4) is 6.07 Å². The maximum absolute atomic E-state index is 12.3. The molecular weight excluding hydrogens is 444 g/mol. The number of carbonyl (C=O) groups excluding carboxylic acids is 2. The molecule has 0 saturated carbocycles. The second kappa shape index (κ2) is 10.1. The van der Waals surface area contributed by atoms with E-state index in [2.05, 4.69) is 26.3 Å². The number of nitriles is 1. The molecule has 1 saturated heterocycles. The molecule has 1 aromatic carbocycles. The molecule has 2 amide bonds. The summed E-state index contributed by atoms with van der Waals surface area (Å²) in [4.78, 5) is 35.3. The van der Waals surface area contributed by atoms with E-state index in [0.29, 0.717) is 51.8 Å². The maximum atomic E-state index is 12.3. The van der Waals surface area contributed by atoms with Crippen molar-refractivity contribution in [2.75, 3.05) is 18.8 Å². The lowest BCUT2D eigenvalue weighted by Crippen LogP contribution is -2.44. The Morgan fingerprint density at radius 2 is 2.15 bits per heavy atom. The van der Waals surface area contributed by atoms with E-state index in [1.165, 1.54) is 6.20 Å². The van der Waals surface area contributed by atoms with E-state index in [1.54, 1.807) is 29.3 Å². The first-order valence-electron chi connectivity index (χ1n) is 10.1. The van der Waals surface area contributed by atoms with Gasteiger partial charge in [0.1, 0.15) is 11.2 Å². The van der Waals surface area contributed by atoms with Crippen LogP contribution in [0.5, 0.6) is 0 Å². The molecule has 0 bridgehead atoms. The number of halogens is 1. The van der Waals surface area contributed by atoms with Crippen LogP contribution in [0.25, 0.3) is 11.2 Å². The van der Waals surface area contributed by atoms with Crippen LogP contribution < -0.4 is 11.1 Å². The molecule has 4 rings (SSSR count). The van der Waals surface area contributed by atoms with Gasteiger partial charge in [-0.2, -0.15) is 5.26 Å². The fourth-order valence-corrected chi connectivity index (χ4v) is 3.29. The molecule has 1 aliphatic rings. The Morgan fingerprint density at radius 1 is 1.42 bits per heavy atom. The number of nitrogens with two attached hydrogens (primary N) is 1. The van der Waals surface area contributed by atoms with E-state index in [4.69, 9.17) is 28.0 Å². The number of aromatic amines is 1. The van der Waals surface area contributed by atoms with Gasteiger partial charge >= 0.3 is 0 Å². The zero-order valence-corrected chi connectivity index (χ0v) is 18.8. The summed E-state index contributed by atoms with van der Waals surface area (Å²) in [5.74, 6) is -0.148. The second-order valence-corrected chi connectivity index (χ2v) is 8.21. The van der Waals surface area contributed by atoms with Crippen LogP contribution in [0.3, 0.4) is 0 Å². The number of hydrogen-bond donors (Lipinski definition) is 4. The number of nitrogens with zero attached hydrogens (tertiary/aromatic N) is 4. The van der Waals surface area contributed by atoms with Crippen molar-refractivity contribution in [2.24, 2.45) is 5.92 Å². The molecule has 3 aromatic rings.